The zero-order valence-corrected chi connectivity index (χ0v) is 66.9. The van der Waals surface area contributed by atoms with Crippen LogP contribution in [0.1, 0.15) is 38.8 Å². The molecule has 5 aromatic carbocycles. The number of nitriles is 2. The van der Waals surface area contributed by atoms with Crippen molar-refractivity contribution in [1.82, 2.24) is 98.7 Å². The van der Waals surface area contributed by atoms with Crippen molar-refractivity contribution in [2.75, 3.05) is 35.5 Å². The first kappa shape index (κ1) is 83.7. The lowest BCUT2D eigenvalue weighted by atomic mass is 10.2. The van der Waals surface area contributed by atoms with E-state index in [-0.39, 0.29) is 32.6 Å². The zero-order chi connectivity index (χ0) is 83.9. The van der Waals surface area contributed by atoms with Gasteiger partial charge in [0, 0.05) is 12.1 Å². The molecular weight excluding hydrogens is 1610 g/mol. The number of aromatic nitrogens is 20. The molecule has 0 aliphatic heterocycles. The van der Waals surface area contributed by atoms with E-state index in [1.807, 2.05) is 60.7 Å². The van der Waals surface area contributed by atoms with Crippen LogP contribution in [0.4, 0.5) is 0 Å². The van der Waals surface area contributed by atoms with E-state index in [9.17, 15) is 43.2 Å². The van der Waals surface area contributed by atoms with E-state index in [0.29, 0.717) is 121 Å². The highest BCUT2D eigenvalue weighted by Gasteiger charge is 2.23. The van der Waals surface area contributed by atoms with Crippen LogP contribution in [0.15, 0.2) is 197 Å². The fourth-order valence-corrected chi connectivity index (χ4v) is 13.8. The summed E-state index contributed by atoms with van der Waals surface area (Å²) in [5.74, 6) is 0.281. The number of thioether (sulfide) groups is 4. The van der Waals surface area contributed by atoms with Crippen molar-refractivity contribution in [2.45, 2.75) is 69.3 Å². The number of fused-ring (bicyclic) bond motifs is 5. The minimum atomic E-state index is -0.517. The largest absolute Gasteiger partial charge is 0.497 e. The molecule has 15 aromatic rings. The lowest BCUT2D eigenvalue weighted by Crippen LogP contribution is -2.23. The number of amides is 2. The Morgan fingerprint density at radius 2 is 0.692 bits per heavy atom. The first-order valence-electron chi connectivity index (χ1n) is 34.2. The molecule has 0 aliphatic rings. The Balaban J connectivity index is 0.000000144. The Labute approximate surface area is 680 Å². The van der Waals surface area contributed by atoms with Gasteiger partial charge in [0.25, 0.3) is 27.8 Å². The van der Waals surface area contributed by atoms with Crippen LogP contribution in [0.25, 0.3) is 83.6 Å². The summed E-state index contributed by atoms with van der Waals surface area (Å²) < 4.78 is 32.9. The monoisotopic (exact) mass is 1670 g/mol. The number of nitrogens with one attached hydrogen (secondary N) is 6. The Bertz CT molecular complexity index is 6690. The predicted molar refractivity (Wildman–Crippen MR) is 438 cm³/mol. The Morgan fingerprint density at radius 3 is 1.02 bits per heavy atom. The molecule has 0 bridgehead atoms. The number of H-pyrrole nitrogens is 6. The van der Waals surface area contributed by atoms with E-state index in [1.54, 1.807) is 141 Å². The fourth-order valence-electron chi connectivity index (χ4n) is 10.5. The van der Waals surface area contributed by atoms with E-state index in [0.717, 1.165) is 58.4 Å². The summed E-state index contributed by atoms with van der Waals surface area (Å²) in [6, 6.07) is 39.4. The van der Waals surface area contributed by atoms with Gasteiger partial charge >= 0.3 is 11.9 Å². The summed E-state index contributed by atoms with van der Waals surface area (Å²) in [5.41, 5.74) is 15.7. The molecule has 0 radical (unpaired) electrons. The summed E-state index contributed by atoms with van der Waals surface area (Å²) in [6.45, 7) is 6.65. The van der Waals surface area contributed by atoms with Crippen molar-refractivity contribution in [3.8, 4) is 57.8 Å². The molecule has 2 amide bonds. The van der Waals surface area contributed by atoms with Gasteiger partial charge in [-0.2, -0.15) is 36.0 Å². The van der Waals surface area contributed by atoms with Gasteiger partial charge in [-0.1, -0.05) is 59.2 Å². The minimum absolute atomic E-state index is 0.243. The third-order valence-electron chi connectivity index (χ3n) is 16.6. The van der Waals surface area contributed by atoms with Crippen molar-refractivity contribution in [2.24, 2.45) is 11.5 Å². The number of benzene rings is 5. The molecule has 10 aromatic heterocycles. The summed E-state index contributed by atoms with van der Waals surface area (Å²) in [4.78, 5) is 140. The molecule has 4 unspecified atom stereocenters. The van der Waals surface area contributed by atoms with Crippen LogP contribution in [0.2, 0.25) is 0 Å². The van der Waals surface area contributed by atoms with Crippen LogP contribution in [0.3, 0.4) is 0 Å². The smallest absolute Gasteiger partial charge is 0.318 e. The van der Waals surface area contributed by atoms with E-state index < -0.39 is 44.8 Å². The number of carbonyl (C=O) groups excluding carboxylic acids is 4. The van der Waals surface area contributed by atoms with E-state index in [2.05, 4.69) is 80.1 Å². The van der Waals surface area contributed by atoms with Crippen molar-refractivity contribution in [1.29, 1.82) is 10.5 Å². The molecule has 0 saturated carbocycles. The second kappa shape index (κ2) is 37.6. The van der Waals surface area contributed by atoms with Gasteiger partial charge in [-0.05, 0) is 137 Å². The van der Waals surface area contributed by atoms with Crippen LogP contribution in [0.5, 0.6) is 17.2 Å². The zero-order valence-electron chi connectivity index (χ0n) is 62.8. The number of methoxy groups -OCH3 is 5. The Kier molecular flexibility index (Phi) is 26.9. The molecule has 596 valence electrons. The number of hydrogen-bond donors (Lipinski definition) is 8. The summed E-state index contributed by atoms with van der Waals surface area (Å²) in [6.07, 6.45) is 7.26. The van der Waals surface area contributed by atoms with Crippen molar-refractivity contribution >= 4 is 138 Å². The van der Waals surface area contributed by atoms with Gasteiger partial charge in [0.15, 0.2) is 48.0 Å². The number of carbonyl (C=O) groups is 4. The number of ether oxygens (including phenoxy) is 5. The van der Waals surface area contributed by atoms with Gasteiger partial charge in [0.1, 0.15) is 60.3 Å². The normalized spacial score (nSPS) is 11.9. The second-order valence-electron chi connectivity index (χ2n) is 24.2. The third-order valence-corrected chi connectivity index (χ3v) is 20.7. The summed E-state index contributed by atoms with van der Waals surface area (Å²) >= 11 is 9.33. The number of hydrogen-bond acceptors (Lipinski definition) is 30. The molecule has 43 heteroatoms. The SMILES string of the molecule is COC(=O)C(C)Sc1nc2c(cnn2-c2ccc(C#N)cc2)c(=O)[nH]1.COC(=O)C(C)Sc1nc2c(cnn2-c2cccc(OC)c2)c(=O)[nH]1.COc1ccc(-n2ncc3c(=O)[nH]c(SC(C)C(N)=O)nc32)cc1.COc1cccc(-n2ncc3c(=O)[nH]c(SC(C)C(N)=O)nc32)c1.N#Cc1ccc(-n2ncc3c(=O)[nH]c(=S)[nH]c32)cc1. The number of nitrogens with two attached hydrogens (primary N) is 2. The average Bonchev–Trinajstić information content (AvgIpc) is 1.68. The number of rotatable bonds is 20. The Morgan fingerprint density at radius 1 is 0.393 bits per heavy atom. The summed E-state index contributed by atoms with van der Waals surface area (Å²) in [7, 11) is 7.35. The van der Waals surface area contributed by atoms with Gasteiger partial charge in [-0.25, -0.2) is 43.3 Å². The van der Waals surface area contributed by atoms with Crippen LogP contribution in [-0.4, -0.2) is 179 Å². The quantitative estimate of drug-likeness (QED) is 0.0161. The van der Waals surface area contributed by atoms with Crippen molar-refractivity contribution < 1.29 is 42.9 Å². The van der Waals surface area contributed by atoms with Crippen molar-refractivity contribution in [3.05, 3.63) is 220 Å². The maximum Gasteiger partial charge on any atom is 0.318 e. The van der Waals surface area contributed by atoms with Crippen LogP contribution < -0.4 is 53.5 Å². The molecular formula is C74H66N24O14S5. The predicted octanol–water partition coefficient (Wildman–Crippen LogP) is 7.21. The highest BCUT2D eigenvalue weighted by molar-refractivity contribution is 8.01. The highest BCUT2D eigenvalue weighted by atomic mass is 32.2. The molecule has 15 rings (SSSR count). The first-order valence-corrected chi connectivity index (χ1v) is 38.1. The van der Waals surface area contributed by atoms with Gasteiger partial charge < -0.3 is 60.1 Å². The molecule has 4 atom stereocenters. The molecule has 10 heterocycles. The van der Waals surface area contributed by atoms with Crippen LogP contribution in [0, 0.1) is 27.4 Å². The van der Waals surface area contributed by atoms with Crippen molar-refractivity contribution in [3.63, 3.8) is 0 Å². The van der Waals surface area contributed by atoms with Gasteiger partial charge in [-0.3, -0.25) is 48.1 Å². The topological polar surface area (TPSA) is 535 Å². The average molecular weight is 1680 g/mol. The molecule has 38 nitrogen and oxygen atoms in total. The number of primary amides is 2. The molecule has 0 aliphatic carbocycles. The van der Waals surface area contributed by atoms with Crippen LogP contribution >= 0.6 is 59.3 Å². The van der Waals surface area contributed by atoms with E-state index >= 15 is 0 Å². The molecule has 0 spiro atoms. The number of nitrogens with zero attached hydrogens (tertiary/aromatic N) is 16. The lowest BCUT2D eigenvalue weighted by Gasteiger charge is -2.09. The maximum absolute atomic E-state index is 12.3. The first-order chi connectivity index (χ1) is 56.2. The molecule has 0 fully saturated rings. The second-order valence-corrected chi connectivity index (χ2v) is 29.9. The minimum Gasteiger partial charge on any atom is -0.497 e. The number of aromatic amines is 6. The number of esters is 2. The third kappa shape index (κ3) is 19.7. The molecule has 10 N–H and O–H groups in total. The highest BCUT2D eigenvalue weighted by Crippen LogP contribution is 2.29. The van der Waals surface area contributed by atoms with E-state index in [1.165, 1.54) is 49.9 Å². The fraction of sp³-hybridized carbons (Fsp3) is 0.176. The molecule has 117 heavy (non-hydrogen) atoms. The Hall–Kier alpha value is -14.3. The molecule has 0 saturated heterocycles. The summed E-state index contributed by atoms with van der Waals surface area (Å²) in [5, 5.41) is 39.8. The van der Waals surface area contributed by atoms with Gasteiger partial charge in [0.2, 0.25) is 11.8 Å². The standard InChI is InChI=1S/C16H13N5O3S.C16H16N4O4S.2C15H15N5O3S.C12H7N5OS/c1-9(15(23)24-2)25-16-19-13-12(14(22)20-16)8-18-21(13)11-5-3-10(7-17)4-6-11;1-9(15(22)24-3)25-16-18-13-12(14(21)19-16)8-17-20(13)10-5-4-6-11(7-10)23-2;1-8(12(16)21)24-15-18-13-11(14(22)19-15)7-17-20(13)9-3-5-10(23-2)6-4-9;1-8(12(16)21)24-15-18-13-11(14(22)19-15)7-17-20(13)9-4-3-5-10(6-9)23-2;13-5-7-1-3-8(4-2-7)17-10-9(6-14-17)11(18)16-12(19)15-10/h3-6,8-9H,1-2H3,(H,19,20,22);4-9H,1-3H3,(H,18,19,21);2*3-8H,1-2H3,(H2,16,21)(H,18,19,22);1-4,6H,(H2,15,16,18,19). The lowest BCUT2D eigenvalue weighted by molar-refractivity contribution is -0.140. The van der Waals surface area contributed by atoms with Crippen LogP contribution in [-0.2, 0) is 28.7 Å². The maximum atomic E-state index is 12.3. The van der Waals surface area contributed by atoms with E-state index in [4.69, 9.17) is 53.2 Å². The van der Waals surface area contributed by atoms with Gasteiger partial charge in [0.05, 0.1) is 129 Å². The van der Waals surface area contributed by atoms with Gasteiger partial charge in [-0.15, -0.1) is 0 Å².